The Bertz CT molecular complexity index is 1150. The normalized spacial score (nSPS) is 27.7. The summed E-state index contributed by atoms with van der Waals surface area (Å²) in [6.45, 7) is 2.82. The van der Waals surface area contributed by atoms with Crippen molar-refractivity contribution in [1.82, 2.24) is 9.80 Å². The van der Waals surface area contributed by atoms with Crippen molar-refractivity contribution in [3.8, 4) is 6.07 Å². The highest BCUT2D eigenvalue weighted by Crippen LogP contribution is 2.62. The quantitative estimate of drug-likeness (QED) is 0.551. The molecule has 1 saturated heterocycles. The summed E-state index contributed by atoms with van der Waals surface area (Å²) in [4.78, 5) is 17.7. The maximum Gasteiger partial charge on any atom is 0.322 e. The summed E-state index contributed by atoms with van der Waals surface area (Å²) in [5.41, 5.74) is 2.61. The molecule has 2 aliphatic carbocycles. The van der Waals surface area contributed by atoms with E-state index in [0.717, 1.165) is 45.2 Å². The van der Waals surface area contributed by atoms with Crippen molar-refractivity contribution in [2.75, 3.05) is 31.5 Å². The summed E-state index contributed by atoms with van der Waals surface area (Å²) >= 11 is 12.5. The number of aliphatic hydroxyl groups is 1. The number of hydrogen-bond donors (Lipinski definition) is 2. The molecule has 1 unspecified atom stereocenters. The van der Waals surface area contributed by atoms with Gasteiger partial charge in [-0.2, -0.15) is 5.26 Å². The lowest BCUT2D eigenvalue weighted by molar-refractivity contribution is 0.142. The average Bonchev–Trinajstić information content (AvgIpc) is 3.47. The Morgan fingerprint density at radius 2 is 2.09 bits per heavy atom. The molecule has 0 radical (unpaired) electrons. The van der Waals surface area contributed by atoms with Crippen molar-refractivity contribution in [3.63, 3.8) is 0 Å². The smallest absolute Gasteiger partial charge is 0.322 e. The number of rotatable bonds is 6. The van der Waals surface area contributed by atoms with Gasteiger partial charge in [-0.1, -0.05) is 41.4 Å². The summed E-state index contributed by atoms with van der Waals surface area (Å²) in [5, 5.41) is 23.0. The topological polar surface area (TPSA) is 79.6 Å². The highest BCUT2D eigenvalue weighted by atomic mass is 35.5. The van der Waals surface area contributed by atoms with Crippen LogP contribution in [-0.2, 0) is 5.41 Å². The zero-order valence-corrected chi connectivity index (χ0v) is 21.1. The minimum atomic E-state index is -0.284. The summed E-state index contributed by atoms with van der Waals surface area (Å²) in [7, 11) is 0. The molecule has 5 rings (SSSR count). The lowest BCUT2D eigenvalue weighted by Gasteiger charge is -2.37. The van der Waals surface area contributed by atoms with Crippen LogP contribution in [0.2, 0.25) is 10.0 Å². The second-order valence-corrected chi connectivity index (χ2v) is 10.9. The molecule has 8 heteroatoms. The van der Waals surface area contributed by atoms with Gasteiger partial charge in [-0.15, -0.1) is 0 Å². The number of amides is 2. The molecule has 1 heterocycles. The standard InChI is InChI=1S/C27H30Cl2N4O2/c28-23-5-2-6-24(25(23)29)31-26(35)33(12-11-32-10-8-22(34)17-32)21-7-9-27(15-20(27)14-21)19-4-1-3-18(13-19)16-30/h1-6,13,20-22,34H,7-12,14-15,17H2,(H,31,35)/t20?,21-,22-,27-/m1/s1. The summed E-state index contributed by atoms with van der Waals surface area (Å²) in [5.74, 6) is 0.508. The molecule has 6 nitrogen and oxygen atoms in total. The highest BCUT2D eigenvalue weighted by molar-refractivity contribution is 6.43. The van der Waals surface area contributed by atoms with Crippen LogP contribution in [0.4, 0.5) is 10.5 Å². The molecule has 35 heavy (non-hydrogen) atoms. The number of nitrogens with one attached hydrogen (secondary N) is 1. The molecular weight excluding hydrogens is 483 g/mol. The van der Waals surface area contributed by atoms with Crippen molar-refractivity contribution >= 4 is 34.9 Å². The number of carbonyl (C=O) groups excluding carboxylic acids is 1. The number of likely N-dealkylation sites (tertiary alicyclic amines) is 1. The van der Waals surface area contributed by atoms with Crippen LogP contribution >= 0.6 is 23.2 Å². The number of nitrogens with zero attached hydrogens (tertiary/aromatic N) is 3. The van der Waals surface area contributed by atoms with Crippen LogP contribution in [0.3, 0.4) is 0 Å². The van der Waals surface area contributed by atoms with Crippen molar-refractivity contribution in [2.24, 2.45) is 5.92 Å². The second-order valence-electron chi connectivity index (χ2n) is 10.1. The molecule has 0 aromatic heterocycles. The molecule has 4 atom stereocenters. The second kappa shape index (κ2) is 9.99. The molecule has 2 amide bonds. The van der Waals surface area contributed by atoms with Crippen LogP contribution in [-0.4, -0.2) is 59.3 Å². The van der Waals surface area contributed by atoms with Gasteiger partial charge in [0.1, 0.15) is 0 Å². The summed E-state index contributed by atoms with van der Waals surface area (Å²) in [6.07, 6.45) is 4.45. The van der Waals surface area contributed by atoms with E-state index in [1.54, 1.807) is 18.2 Å². The van der Waals surface area contributed by atoms with E-state index in [1.807, 2.05) is 23.1 Å². The molecule has 3 fully saturated rings. The third kappa shape index (κ3) is 5.01. The van der Waals surface area contributed by atoms with Crippen LogP contribution in [0.25, 0.3) is 0 Å². The van der Waals surface area contributed by atoms with Crippen LogP contribution in [0.5, 0.6) is 0 Å². The molecule has 184 valence electrons. The van der Waals surface area contributed by atoms with E-state index in [1.165, 1.54) is 5.56 Å². The van der Waals surface area contributed by atoms with Crippen LogP contribution in [0, 0.1) is 17.2 Å². The van der Waals surface area contributed by atoms with E-state index >= 15 is 0 Å². The molecular formula is C27H30Cl2N4O2. The lowest BCUT2D eigenvalue weighted by atomic mass is 9.80. The Balaban J connectivity index is 1.31. The number of carbonyl (C=O) groups is 1. The van der Waals surface area contributed by atoms with Crippen LogP contribution in [0.1, 0.15) is 43.2 Å². The van der Waals surface area contributed by atoms with Gasteiger partial charge in [0.15, 0.2) is 0 Å². The van der Waals surface area contributed by atoms with E-state index in [9.17, 15) is 15.2 Å². The minimum absolute atomic E-state index is 0.125. The fraction of sp³-hybridized carbons (Fsp3) is 0.481. The Kier molecular flexibility index (Phi) is 6.96. The number of anilines is 1. The van der Waals surface area contributed by atoms with E-state index in [4.69, 9.17) is 23.2 Å². The number of urea groups is 1. The molecule has 0 spiro atoms. The molecule has 3 aliphatic rings. The molecule has 1 aliphatic heterocycles. The van der Waals surface area contributed by atoms with Crippen LogP contribution in [0.15, 0.2) is 42.5 Å². The molecule has 2 aromatic carbocycles. The first-order chi connectivity index (χ1) is 16.9. The van der Waals surface area contributed by atoms with Gasteiger partial charge in [-0.25, -0.2) is 4.79 Å². The van der Waals surface area contributed by atoms with Gasteiger partial charge in [-0.3, -0.25) is 4.90 Å². The van der Waals surface area contributed by atoms with Gasteiger partial charge in [0, 0.05) is 32.2 Å². The number of nitriles is 1. The Labute approximate surface area is 216 Å². The predicted octanol–water partition coefficient (Wildman–Crippen LogP) is 5.28. The van der Waals surface area contributed by atoms with Gasteiger partial charge in [0.25, 0.3) is 0 Å². The first kappa shape index (κ1) is 24.4. The Hall–Kier alpha value is -2.30. The van der Waals surface area contributed by atoms with E-state index < -0.39 is 0 Å². The fourth-order valence-corrected chi connectivity index (χ4v) is 6.40. The van der Waals surface area contributed by atoms with E-state index in [0.29, 0.717) is 40.3 Å². The Morgan fingerprint density at radius 3 is 2.83 bits per heavy atom. The van der Waals surface area contributed by atoms with Gasteiger partial charge >= 0.3 is 6.03 Å². The number of halogens is 2. The third-order valence-electron chi connectivity index (χ3n) is 8.08. The van der Waals surface area contributed by atoms with Gasteiger partial charge in [0.2, 0.25) is 0 Å². The molecule has 0 bridgehead atoms. The fourth-order valence-electron chi connectivity index (χ4n) is 6.05. The van der Waals surface area contributed by atoms with Gasteiger partial charge in [-0.05, 0) is 73.3 Å². The SMILES string of the molecule is N#Cc1cccc([C@]23CC[C@@H](N(CCN4CC[C@@H](O)C4)C(=O)Nc4cccc(Cl)c4Cl)CC2C3)c1. The summed E-state index contributed by atoms with van der Waals surface area (Å²) < 4.78 is 0. The zero-order valence-electron chi connectivity index (χ0n) is 19.6. The largest absolute Gasteiger partial charge is 0.392 e. The van der Waals surface area contributed by atoms with Crippen LogP contribution < -0.4 is 5.32 Å². The van der Waals surface area contributed by atoms with Gasteiger partial charge in [0.05, 0.1) is 33.5 Å². The monoisotopic (exact) mass is 512 g/mol. The zero-order chi connectivity index (χ0) is 24.6. The summed E-state index contributed by atoms with van der Waals surface area (Å²) in [6, 6.07) is 15.5. The maximum atomic E-state index is 13.5. The van der Waals surface area contributed by atoms with Crippen molar-refractivity contribution in [2.45, 2.75) is 49.7 Å². The van der Waals surface area contributed by atoms with Crippen molar-refractivity contribution in [3.05, 3.63) is 63.6 Å². The lowest BCUT2D eigenvalue weighted by Crippen LogP contribution is -2.48. The third-order valence-corrected chi connectivity index (χ3v) is 8.90. The van der Waals surface area contributed by atoms with Crippen molar-refractivity contribution < 1.29 is 9.90 Å². The maximum absolute atomic E-state index is 13.5. The van der Waals surface area contributed by atoms with Gasteiger partial charge < -0.3 is 15.3 Å². The first-order valence-corrected chi connectivity index (χ1v) is 13.1. The molecule has 2 N–H and O–H groups in total. The number of hydrogen-bond acceptors (Lipinski definition) is 4. The molecule has 2 saturated carbocycles. The number of benzene rings is 2. The number of fused-ring (bicyclic) bond motifs is 1. The highest BCUT2D eigenvalue weighted by Gasteiger charge is 2.58. The number of β-amino-alcohol motifs (C(OH)–C–C–N with tert-alkyl or cyclic N) is 1. The average molecular weight is 513 g/mol. The van der Waals surface area contributed by atoms with Crippen molar-refractivity contribution in [1.29, 1.82) is 5.26 Å². The Morgan fingerprint density at radius 1 is 1.26 bits per heavy atom. The number of aliphatic hydroxyl groups excluding tert-OH is 1. The first-order valence-electron chi connectivity index (χ1n) is 12.3. The minimum Gasteiger partial charge on any atom is -0.392 e. The van der Waals surface area contributed by atoms with E-state index in [2.05, 4.69) is 22.4 Å². The predicted molar refractivity (Wildman–Crippen MR) is 138 cm³/mol. The van der Waals surface area contributed by atoms with E-state index in [-0.39, 0.29) is 23.6 Å². The molecule has 2 aromatic rings.